The number of esters is 1. The van der Waals surface area contributed by atoms with Crippen LogP contribution < -0.4 is 25.1 Å². The number of amides is 3. The molecule has 4 aromatic carbocycles. The van der Waals surface area contributed by atoms with E-state index in [2.05, 4.69) is 26.1 Å². The molecule has 0 spiro atoms. The molecule has 3 heterocycles. The first-order chi connectivity index (χ1) is 40.0. The highest BCUT2D eigenvalue weighted by atomic mass is 32.2. The molecule has 21 heteroatoms. The van der Waals surface area contributed by atoms with Crippen molar-refractivity contribution in [3.05, 3.63) is 123 Å². The predicted molar refractivity (Wildman–Crippen MR) is 328 cm³/mol. The fraction of sp³-hybridized carbons (Fsp3) is 0.508. The number of carbonyl (C=O) groups excluding carboxylic acids is 5. The van der Waals surface area contributed by atoms with Crippen molar-refractivity contribution in [2.24, 2.45) is 0 Å². The molecule has 0 saturated carbocycles. The summed E-state index contributed by atoms with van der Waals surface area (Å²) in [6.07, 6.45) is 0.839. The van der Waals surface area contributed by atoms with Crippen molar-refractivity contribution in [3.63, 3.8) is 0 Å². The molecule has 20 nitrogen and oxygen atoms in total. The van der Waals surface area contributed by atoms with Crippen molar-refractivity contribution < 1.29 is 65.5 Å². The van der Waals surface area contributed by atoms with E-state index in [0.29, 0.717) is 62.0 Å². The van der Waals surface area contributed by atoms with Crippen molar-refractivity contribution in [1.82, 2.24) is 13.8 Å². The number of hydrogen-bond donors (Lipinski definition) is 1. The van der Waals surface area contributed by atoms with Crippen LogP contribution in [0.1, 0.15) is 160 Å². The highest BCUT2D eigenvalue weighted by Gasteiger charge is 2.39. The number of piperidine rings is 1. The van der Waals surface area contributed by atoms with Gasteiger partial charge in [0, 0.05) is 36.4 Å². The van der Waals surface area contributed by atoms with Crippen molar-refractivity contribution in [2.45, 2.75) is 155 Å². The number of aromatic nitrogens is 1. The van der Waals surface area contributed by atoms with Crippen molar-refractivity contribution >= 4 is 62.3 Å². The molecule has 7 rings (SSSR count). The first kappa shape index (κ1) is 66.2. The Hall–Kier alpha value is -7.33. The molecule has 1 aromatic heterocycles. The summed E-state index contributed by atoms with van der Waals surface area (Å²) in [5.74, 6) is -0.602. The van der Waals surface area contributed by atoms with Gasteiger partial charge in [-0.05, 0) is 157 Å². The molecule has 466 valence electrons. The van der Waals surface area contributed by atoms with E-state index in [-0.39, 0.29) is 71.4 Å². The average Bonchev–Trinajstić information content (AvgIpc) is 1.74. The van der Waals surface area contributed by atoms with Gasteiger partial charge in [-0.1, -0.05) is 65.8 Å². The number of hydrogen-bond acceptors (Lipinski definition) is 15. The van der Waals surface area contributed by atoms with E-state index >= 15 is 0 Å². The molecule has 0 radical (unpaired) electrons. The van der Waals surface area contributed by atoms with Gasteiger partial charge in [0.15, 0.2) is 0 Å². The smallest absolute Gasteiger partial charge is 0.419 e. The summed E-state index contributed by atoms with van der Waals surface area (Å²) in [7, 11) is -4.05. The van der Waals surface area contributed by atoms with E-state index in [1.165, 1.54) is 43.1 Å². The summed E-state index contributed by atoms with van der Waals surface area (Å²) in [6, 6.07) is 22.2. The second kappa shape index (κ2) is 26.3. The van der Waals surface area contributed by atoms with Gasteiger partial charge >= 0.3 is 18.2 Å². The first-order valence-corrected chi connectivity index (χ1v) is 30.5. The standard InChI is InChI=1S/C65H85N5O15S/c1-61(2,3)49-37-50(62(4,5)6)54(38-51(49)66-57(73)48-39-69(59(75)84-64(10,11)12)52-19-17-16-18-46(52)56(48)72)82-35-33-80-31-30-79-32-34-81-44-22-20-42(21-23-44)43-26-28-68(29-27-43)86(77,78)45-24-25-47-53(36-45)70(60(76)85-65(13,14)15)41-67(58(47)74)40-55(71)83-63(7,8)9/h16-25,36-39,43H,26-35,40-41H2,1-15H3,(H,66,73). The monoisotopic (exact) mass is 1210 g/mol. The molecule has 0 bridgehead atoms. The maximum Gasteiger partial charge on any atom is 0.419 e. The number of nitrogens with one attached hydrogen (secondary N) is 1. The molecule has 1 saturated heterocycles. The van der Waals surface area contributed by atoms with Gasteiger partial charge in [0.2, 0.25) is 15.5 Å². The fourth-order valence-corrected chi connectivity index (χ4v) is 11.4. The third-order valence-corrected chi connectivity index (χ3v) is 15.9. The van der Waals surface area contributed by atoms with Crippen molar-refractivity contribution in [1.29, 1.82) is 0 Å². The van der Waals surface area contributed by atoms with Gasteiger partial charge in [-0.3, -0.25) is 28.6 Å². The van der Waals surface area contributed by atoms with Crippen molar-refractivity contribution in [2.75, 3.05) is 76.2 Å². The Morgan fingerprint density at radius 1 is 0.628 bits per heavy atom. The van der Waals surface area contributed by atoms with Gasteiger partial charge in [0.1, 0.15) is 60.3 Å². The predicted octanol–water partition coefficient (Wildman–Crippen LogP) is 11.2. The van der Waals surface area contributed by atoms with Gasteiger partial charge in [-0.15, -0.1) is 0 Å². The molecule has 0 unspecified atom stereocenters. The topological polar surface area (TPSA) is 228 Å². The van der Waals surface area contributed by atoms with Crippen LogP contribution in [0, 0.1) is 0 Å². The van der Waals surface area contributed by atoms with E-state index < -0.39 is 74.2 Å². The lowest BCUT2D eigenvalue weighted by atomic mass is 9.79. The Kier molecular flexibility index (Phi) is 20.3. The number of carbonyl (C=O) groups is 5. The molecule has 86 heavy (non-hydrogen) atoms. The normalized spacial score (nSPS) is 14.8. The molecular weight excluding hydrogens is 1120 g/mol. The largest absolute Gasteiger partial charge is 0.491 e. The summed E-state index contributed by atoms with van der Waals surface area (Å²) in [5.41, 5.74) is -0.367. The highest BCUT2D eigenvalue weighted by molar-refractivity contribution is 7.89. The maximum atomic E-state index is 14.2. The maximum absolute atomic E-state index is 14.2. The molecule has 2 aliphatic heterocycles. The second-order valence-corrected chi connectivity index (χ2v) is 28.5. The van der Waals surface area contributed by atoms with Crippen LogP contribution in [-0.4, -0.2) is 135 Å². The minimum Gasteiger partial charge on any atom is -0.491 e. The number of nitrogens with zero attached hydrogens (tertiary/aromatic N) is 4. The zero-order valence-electron chi connectivity index (χ0n) is 52.5. The zero-order valence-corrected chi connectivity index (χ0v) is 53.3. The zero-order chi connectivity index (χ0) is 63.3. The minimum atomic E-state index is -4.05. The van der Waals surface area contributed by atoms with Gasteiger partial charge in [-0.25, -0.2) is 18.0 Å². The molecule has 3 amide bonds. The van der Waals surface area contributed by atoms with Crippen LogP contribution >= 0.6 is 0 Å². The molecule has 1 fully saturated rings. The Morgan fingerprint density at radius 2 is 1.20 bits per heavy atom. The number of sulfonamides is 1. The molecule has 2 aliphatic rings. The van der Waals surface area contributed by atoms with E-state index in [1.54, 1.807) is 92.6 Å². The number of pyridine rings is 1. The van der Waals surface area contributed by atoms with Crippen LogP contribution in [0.15, 0.2) is 94.7 Å². The number of rotatable bonds is 18. The van der Waals surface area contributed by atoms with Crippen LogP contribution in [0.3, 0.4) is 0 Å². The Bertz CT molecular complexity index is 3480. The molecule has 1 N–H and O–H groups in total. The molecule has 5 aromatic rings. The van der Waals surface area contributed by atoms with Gasteiger partial charge < -0.3 is 43.4 Å². The number of fused-ring (bicyclic) bond motifs is 2. The lowest BCUT2D eigenvalue weighted by Crippen LogP contribution is -2.52. The molecule has 0 atom stereocenters. The Balaban J connectivity index is 0.876. The van der Waals surface area contributed by atoms with Crippen LogP contribution in [0.2, 0.25) is 0 Å². The van der Waals surface area contributed by atoms with Gasteiger partial charge in [-0.2, -0.15) is 4.31 Å². The Morgan fingerprint density at radius 3 is 1.79 bits per heavy atom. The summed E-state index contributed by atoms with van der Waals surface area (Å²) < 4.78 is 71.6. The third-order valence-electron chi connectivity index (χ3n) is 14.0. The second-order valence-electron chi connectivity index (χ2n) is 26.6. The summed E-state index contributed by atoms with van der Waals surface area (Å²) in [6.45, 7) is 29.2. The van der Waals surface area contributed by atoms with E-state index in [1.807, 2.05) is 51.1 Å². The van der Waals surface area contributed by atoms with Crippen LogP contribution in [0.25, 0.3) is 10.9 Å². The van der Waals surface area contributed by atoms with Gasteiger partial charge in [0.25, 0.3) is 11.8 Å². The lowest BCUT2D eigenvalue weighted by molar-refractivity contribution is -0.155. The third kappa shape index (κ3) is 17.0. The molecular formula is C65H85N5O15S. The lowest BCUT2D eigenvalue weighted by Gasteiger charge is -2.37. The van der Waals surface area contributed by atoms with E-state index in [4.69, 9.17) is 33.2 Å². The Labute approximate surface area is 505 Å². The minimum absolute atomic E-state index is 0.0471. The average molecular weight is 1210 g/mol. The first-order valence-electron chi connectivity index (χ1n) is 29.1. The number of para-hydroxylation sites is 1. The quantitative estimate of drug-likeness (QED) is 0.0489. The number of anilines is 2. The summed E-state index contributed by atoms with van der Waals surface area (Å²) in [4.78, 5) is 83.6. The van der Waals surface area contributed by atoms with Crippen LogP contribution in [0.4, 0.5) is 21.0 Å². The van der Waals surface area contributed by atoms with E-state index in [0.717, 1.165) is 16.7 Å². The highest BCUT2D eigenvalue weighted by Crippen LogP contribution is 2.41. The number of ether oxygens (including phenoxy) is 7. The van der Waals surface area contributed by atoms with E-state index in [9.17, 15) is 37.2 Å². The number of benzene rings is 4. The molecule has 0 aliphatic carbocycles. The summed E-state index contributed by atoms with van der Waals surface area (Å²) >= 11 is 0. The SMILES string of the molecule is CC(C)(C)OC(=O)CN1CN(C(=O)OC(C)(C)C)c2cc(S(=O)(=O)N3CCC(c4ccc(OCCOCCOCCOc5cc(NC(=O)c6cn(C(=O)OC(C)(C)C)c7ccccc7c6=O)c(C(C)(C)C)cc5C(C)(C)C)cc4)CC3)ccc2C1=O. The van der Waals surface area contributed by atoms with Crippen LogP contribution in [0.5, 0.6) is 11.5 Å². The van der Waals surface area contributed by atoms with Crippen LogP contribution in [-0.2, 0) is 49.3 Å². The van der Waals surface area contributed by atoms with Gasteiger partial charge in [0.05, 0.1) is 48.1 Å². The summed E-state index contributed by atoms with van der Waals surface area (Å²) in [5, 5.41) is 3.18. The van der Waals surface area contributed by atoms with Crippen molar-refractivity contribution in [3.8, 4) is 11.5 Å². The fourth-order valence-electron chi connectivity index (χ4n) is 9.95.